The molecule has 1 atom stereocenters. The van der Waals surface area contributed by atoms with Crippen molar-refractivity contribution >= 4 is 0 Å². The number of hydrogen-bond donors (Lipinski definition) is 1. The highest BCUT2D eigenvalue weighted by atomic mass is 14.7. The molecule has 2 aromatic rings. The van der Waals surface area contributed by atoms with Gasteiger partial charge in [0.05, 0.1) is 0 Å². The molecule has 92 valence electrons. The van der Waals surface area contributed by atoms with Crippen LogP contribution in [0.5, 0.6) is 0 Å². The van der Waals surface area contributed by atoms with Gasteiger partial charge < -0.3 is 5.73 Å². The second kappa shape index (κ2) is 4.58. The van der Waals surface area contributed by atoms with E-state index in [1.54, 1.807) is 0 Å². The van der Waals surface area contributed by atoms with E-state index in [2.05, 4.69) is 54.6 Å². The van der Waals surface area contributed by atoms with Crippen molar-refractivity contribution in [3.63, 3.8) is 0 Å². The Kier molecular flexibility index (Phi) is 2.92. The summed E-state index contributed by atoms with van der Waals surface area (Å²) in [7, 11) is 0. The molecule has 2 aromatic carbocycles. The van der Waals surface area contributed by atoms with Crippen LogP contribution in [0.1, 0.15) is 29.5 Å². The van der Waals surface area contributed by atoms with E-state index in [1.165, 1.54) is 29.5 Å². The third kappa shape index (κ3) is 2.06. The van der Waals surface area contributed by atoms with Crippen molar-refractivity contribution in [1.29, 1.82) is 0 Å². The van der Waals surface area contributed by atoms with Gasteiger partial charge in [-0.1, -0.05) is 54.6 Å². The van der Waals surface area contributed by atoms with Crippen molar-refractivity contribution in [2.24, 2.45) is 5.73 Å². The highest BCUT2D eigenvalue weighted by Crippen LogP contribution is 2.35. The third-order valence-corrected chi connectivity index (χ3v) is 3.99. The summed E-state index contributed by atoms with van der Waals surface area (Å²) >= 11 is 0. The Balaban J connectivity index is 1.96. The first kappa shape index (κ1) is 11.5. The van der Waals surface area contributed by atoms with Crippen molar-refractivity contribution in [3.8, 4) is 0 Å². The molecule has 0 fully saturated rings. The maximum absolute atomic E-state index is 6.70. The second-order valence-electron chi connectivity index (χ2n) is 5.33. The van der Waals surface area contributed by atoms with Gasteiger partial charge in [-0.15, -0.1) is 0 Å². The maximum atomic E-state index is 6.70. The summed E-state index contributed by atoms with van der Waals surface area (Å²) in [5.74, 6) is 0. The van der Waals surface area contributed by atoms with Crippen LogP contribution >= 0.6 is 0 Å². The van der Waals surface area contributed by atoms with Crippen LogP contribution < -0.4 is 5.73 Å². The molecule has 3 rings (SSSR count). The summed E-state index contributed by atoms with van der Waals surface area (Å²) < 4.78 is 0. The topological polar surface area (TPSA) is 26.0 Å². The highest BCUT2D eigenvalue weighted by Gasteiger charge is 2.32. The van der Waals surface area contributed by atoms with Crippen molar-refractivity contribution < 1.29 is 0 Å². The van der Waals surface area contributed by atoms with E-state index in [0.717, 1.165) is 12.8 Å². The zero-order valence-corrected chi connectivity index (χ0v) is 10.6. The number of rotatable bonds is 2. The van der Waals surface area contributed by atoms with Gasteiger partial charge in [-0.25, -0.2) is 0 Å². The van der Waals surface area contributed by atoms with Crippen LogP contribution in [0.15, 0.2) is 54.6 Å². The monoisotopic (exact) mass is 237 g/mol. The Hall–Kier alpha value is -1.60. The van der Waals surface area contributed by atoms with Crippen LogP contribution in [0, 0.1) is 0 Å². The lowest BCUT2D eigenvalue weighted by Gasteiger charge is -2.36. The fourth-order valence-corrected chi connectivity index (χ4v) is 3.10. The minimum atomic E-state index is -0.184. The zero-order valence-electron chi connectivity index (χ0n) is 10.6. The van der Waals surface area contributed by atoms with Crippen LogP contribution in [-0.4, -0.2) is 0 Å². The van der Waals surface area contributed by atoms with Gasteiger partial charge in [0, 0.05) is 5.54 Å². The smallest absolute Gasteiger partial charge is 0.0453 e. The predicted molar refractivity (Wildman–Crippen MR) is 75.4 cm³/mol. The number of hydrogen-bond acceptors (Lipinski definition) is 1. The normalized spacial score (nSPS) is 22.5. The van der Waals surface area contributed by atoms with Crippen LogP contribution in [0.2, 0.25) is 0 Å². The Morgan fingerprint density at radius 2 is 1.67 bits per heavy atom. The molecule has 0 bridgehead atoms. The first-order valence-electron chi connectivity index (χ1n) is 6.69. The predicted octanol–water partition coefficient (Wildman–Crippen LogP) is 3.42. The number of benzene rings is 2. The molecule has 0 heterocycles. The van der Waals surface area contributed by atoms with E-state index in [1.807, 2.05) is 0 Å². The molecule has 1 heteroatoms. The average molecular weight is 237 g/mol. The lowest BCUT2D eigenvalue weighted by molar-refractivity contribution is 0.369. The molecule has 0 spiro atoms. The SMILES string of the molecule is NC1(Cc2ccccc2)CCCc2ccccc21. The molecule has 0 saturated heterocycles. The molecule has 1 aliphatic rings. The van der Waals surface area contributed by atoms with Crippen LogP contribution in [-0.2, 0) is 18.4 Å². The molecule has 0 aliphatic heterocycles. The highest BCUT2D eigenvalue weighted by molar-refractivity contribution is 5.37. The first-order chi connectivity index (χ1) is 8.78. The van der Waals surface area contributed by atoms with Crippen molar-refractivity contribution in [1.82, 2.24) is 0 Å². The van der Waals surface area contributed by atoms with E-state index in [9.17, 15) is 0 Å². The minimum Gasteiger partial charge on any atom is -0.321 e. The standard InChI is InChI=1S/C17H19N/c18-17(13-14-7-2-1-3-8-14)12-6-10-15-9-4-5-11-16(15)17/h1-5,7-9,11H,6,10,12-13,18H2. The number of fused-ring (bicyclic) bond motifs is 1. The van der Waals surface area contributed by atoms with Crippen LogP contribution in [0.3, 0.4) is 0 Å². The van der Waals surface area contributed by atoms with Gasteiger partial charge in [0.15, 0.2) is 0 Å². The van der Waals surface area contributed by atoms with Gasteiger partial charge >= 0.3 is 0 Å². The molecular formula is C17H19N. The molecule has 1 aliphatic carbocycles. The van der Waals surface area contributed by atoms with Gasteiger partial charge in [0.2, 0.25) is 0 Å². The van der Waals surface area contributed by atoms with Gasteiger partial charge in [0.25, 0.3) is 0 Å². The lowest BCUT2D eigenvalue weighted by Crippen LogP contribution is -2.42. The molecule has 1 nitrogen and oxygen atoms in total. The third-order valence-electron chi connectivity index (χ3n) is 3.99. The Labute approximate surface area is 109 Å². The summed E-state index contributed by atoms with van der Waals surface area (Å²) in [4.78, 5) is 0. The summed E-state index contributed by atoms with van der Waals surface area (Å²) in [6.45, 7) is 0. The average Bonchev–Trinajstić information content (AvgIpc) is 2.40. The van der Waals surface area contributed by atoms with Crippen molar-refractivity contribution in [2.75, 3.05) is 0 Å². The molecule has 2 N–H and O–H groups in total. The van der Waals surface area contributed by atoms with E-state index in [-0.39, 0.29) is 5.54 Å². The molecular weight excluding hydrogens is 218 g/mol. The fraction of sp³-hybridized carbons (Fsp3) is 0.294. The fourth-order valence-electron chi connectivity index (χ4n) is 3.10. The molecule has 1 unspecified atom stereocenters. The second-order valence-corrected chi connectivity index (χ2v) is 5.33. The summed E-state index contributed by atoms with van der Waals surface area (Å²) in [6.07, 6.45) is 4.38. The van der Waals surface area contributed by atoms with Crippen molar-refractivity contribution in [3.05, 3.63) is 71.3 Å². The Morgan fingerprint density at radius 3 is 2.50 bits per heavy atom. The number of aryl methyl sites for hydroxylation is 1. The molecule has 0 saturated carbocycles. The zero-order chi connectivity index (χ0) is 12.4. The maximum Gasteiger partial charge on any atom is 0.0453 e. The van der Waals surface area contributed by atoms with Crippen molar-refractivity contribution in [2.45, 2.75) is 31.2 Å². The van der Waals surface area contributed by atoms with Crippen LogP contribution in [0.4, 0.5) is 0 Å². The molecule has 18 heavy (non-hydrogen) atoms. The van der Waals surface area contributed by atoms with Gasteiger partial charge in [-0.05, 0) is 42.4 Å². The van der Waals surface area contributed by atoms with Crippen LogP contribution in [0.25, 0.3) is 0 Å². The van der Waals surface area contributed by atoms with Gasteiger partial charge in [-0.3, -0.25) is 0 Å². The lowest BCUT2D eigenvalue weighted by atomic mass is 9.74. The Morgan fingerprint density at radius 1 is 0.944 bits per heavy atom. The van der Waals surface area contributed by atoms with Gasteiger partial charge in [0.1, 0.15) is 0 Å². The van der Waals surface area contributed by atoms with E-state index >= 15 is 0 Å². The molecule has 0 radical (unpaired) electrons. The Bertz CT molecular complexity index is 532. The molecule has 0 amide bonds. The van der Waals surface area contributed by atoms with E-state index in [4.69, 9.17) is 5.73 Å². The van der Waals surface area contributed by atoms with E-state index < -0.39 is 0 Å². The first-order valence-corrected chi connectivity index (χ1v) is 6.69. The summed E-state index contributed by atoms with van der Waals surface area (Å²) in [5, 5.41) is 0. The summed E-state index contributed by atoms with van der Waals surface area (Å²) in [6, 6.07) is 19.2. The summed E-state index contributed by atoms with van der Waals surface area (Å²) in [5.41, 5.74) is 10.6. The quantitative estimate of drug-likeness (QED) is 0.851. The van der Waals surface area contributed by atoms with Gasteiger partial charge in [-0.2, -0.15) is 0 Å². The number of nitrogens with two attached hydrogens (primary N) is 1. The molecule has 0 aromatic heterocycles. The van der Waals surface area contributed by atoms with E-state index in [0.29, 0.717) is 0 Å². The minimum absolute atomic E-state index is 0.184. The largest absolute Gasteiger partial charge is 0.321 e.